The van der Waals surface area contributed by atoms with Gasteiger partial charge in [-0.25, -0.2) is 0 Å². The van der Waals surface area contributed by atoms with Gasteiger partial charge in [-0.15, -0.1) is 0 Å². The van der Waals surface area contributed by atoms with E-state index in [9.17, 15) is 9.59 Å². The summed E-state index contributed by atoms with van der Waals surface area (Å²) in [5.74, 6) is 0.774. The van der Waals surface area contributed by atoms with Crippen molar-refractivity contribution in [1.29, 1.82) is 0 Å². The van der Waals surface area contributed by atoms with Gasteiger partial charge in [-0.2, -0.15) is 0 Å². The van der Waals surface area contributed by atoms with Gasteiger partial charge in [-0.3, -0.25) is 9.59 Å². The summed E-state index contributed by atoms with van der Waals surface area (Å²) in [5, 5.41) is 3.94. The third-order valence-electron chi connectivity index (χ3n) is 6.08. The molecule has 1 aromatic carbocycles. The highest BCUT2D eigenvalue weighted by Crippen LogP contribution is 2.33. The van der Waals surface area contributed by atoms with Gasteiger partial charge in [-0.05, 0) is 45.2 Å². The van der Waals surface area contributed by atoms with E-state index in [0.717, 1.165) is 36.2 Å². The number of nitrogens with zero attached hydrogens (tertiary/aromatic N) is 3. The van der Waals surface area contributed by atoms with Crippen LogP contribution in [0.2, 0.25) is 0 Å². The number of amides is 2. The molecule has 29 heavy (non-hydrogen) atoms. The molecule has 7 heteroatoms. The number of aryl methyl sites for hydroxylation is 2. The Morgan fingerprint density at radius 1 is 1.17 bits per heavy atom. The molecule has 0 bridgehead atoms. The van der Waals surface area contributed by atoms with Gasteiger partial charge in [0.2, 0.25) is 5.91 Å². The molecule has 0 aliphatic carbocycles. The number of morpholine rings is 1. The zero-order chi connectivity index (χ0) is 20.4. The number of rotatable bonds is 3. The average Bonchev–Trinajstić information content (AvgIpc) is 2.93. The normalized spacial score (nSPS) is 22.8. The first kappa shape index (κ1) is 19.6. The first-order valence-corrected chi connectivity index (χ1v) is 10.2. The van der Waals surface area contributed by atoms with Gasteiger partial charge in [0, 0.05) is 24.3 Å². The summed E-state index contributed by atoms with van der Waals surface area (Å²) < 4.78 is 11.3. The lowest BCUT2D eigenvalue weighted by atomic mass is 9.92. The predicted octanol–water partition coefficient (Wildman–Crippen LogP) is 2.65. The lowest BCUT2D eigenvalue weighted by molar-refractivity contribution is -0.141. The molecular formula is C22H27N3O4. The summed E-state index contributed by atoms with van der Waals surface area (Å²) in [5.41, 5.74) is 2.15. The predicted molar refractivity (Wildman–Crippen MR) is 108 cm³/mol. The minimum atomic E-state index is -0.401. The largest absolute Gasteiger partial charge is 0.363 e. The van der Waals surface area contributed by atoms with Crippen molar-refractivity contribution < 1.29 is 18.8 Å². The van der Waals surface area contributed by atoms with Crippen molar-refractivity contribution in [2.45, 2.75) is 45.1 Å². The molecule has 1 unspecified atom stereocenters. The van der Waals surface area contributed by atoms with Crippen LogP contribution in [0.3, 0.4) is 0 Å². The summed E-state index contributed by atoms with van der Waals surface area (Å²) >= 11 is 0. The van der Waals surface area contributed by atoms with Crippen molar-refractivity contribution in [2.75, 3.05) is 31.1 Å². The van der Waals surface area contributed by atoms with E-state index in [-0.39, 0.29) is 18.4 Å². The van der Waals surface area contributed by atoms with Crippen molar-refractivity contribution in [2.24, 2.45) is 0 Å². The molecule has 0 saturated carbocycles. The van der Waals surface area contributed by atoms with Crippen LogP contribution in [0.4, 0.5) is 5.69 Å². The number of aromatic nitrogens is 1. The zero-order valence-electron chi connectivity index (χ0n) is 17.0. The molecule has 154 valence electrons. The van der Waals surface area contributed by atoms with Crippen molar-refractivity contribution in [3.8, 4) is 0 Å². The third-order valence-corrected chi connectivity index (χ3v) is 6.08. The maximum Gasteiger partial charge on any atom is 0.253 e. The standard InChI is InChI=1S/C22H27N3O4/c1-16-19(17(2)29-23-16)13-20(26)24-11-6-9-22(10-12-24)15-25(21(27)14-28-22)18-7-4-3-5-8-18/h3-5,7-8H,6,9-15H2,1-2H3. The number of carbonyl (C=O) groups excluding carboxylic acids is 2. The molecule has 1 aromatic heterocycles. The van der Waals surface area contributed by atoms with Gasteiger partial charge in [0.05, 0.1) is 24.3 Å². The molecule has 0 N–H and O–H groups in total. The molecule has 2 fully saturated rings. The second kappa shape index (κ2) is 7.99. The Bertz CT molecular complexity index is 875. The van der Waals surface area contributed by atoms with E-state index in [1.54, 1.807) is 0 Å². The molecule has 3 heterocycles. The molecule has 2 aliphatic rings. The highest BCUT2D eigenvalue weighted by atomic mass is 16.5. The molecular weight excluding hydrogens is 370 g/mol. The first-order chi connectivity index (χ1) is 14.0. The third kappa shape index (κ3) is 4.05. The van der Waals surface area contributed by atoms with E-state index >= 15 is 0 Å². The van der Waals surface area contributed by atoms with Gasteiger partial charge in [0.15, 0.2) is 0 Å². The van der Waals surface area contributed by atoms with Crippen molar-refractivity contribution in [1.82, 2.24) is 10.1 Å². The maximum atomic E-state index is 12.9. The van der Waals surface area contributed by atoms with E-state index in [2.05, 4.69) is 5.16 Å². The van der Waals surface area contributed by atoms with Gasteiger partial charge >= 0.3 is 0 Å². The molecule has 0 radical (unpaired) electrons. The van der Waals surface area contributed by atoms with Crippen LogP contribution in [0.5, 0.6) is 0 Å². The van der Waals surface area contributed by atoms with E-state index in [1.165, 1.54) is 0 Å². The second-order valence-electron chi connectivity index (χ2n) is 8.00. The minimum absolute atomic E-state index is 0.0163. The van der Waals surface area contributed by atoms with Crippen molar-refractivity contribution in [3.05, 3.63) is 47.3 Å². The van der Waals surface area contributed by atoms with Gasteiger partial charge in [0.25, 0.3) is 5.91 Å². The highest BCUT2D eigenvalue weighted by molar-refractivity contribution is 5.95. The molecule has 7 nitrogen and oxygen atoms in total. The molecule has 1 spiro atoms. The Kier molecular flexibility index (Phi) is 5.41. The van der Waals surface area contributed by atoms with Gasteiger partial charge < -0.3 is 19.1 Å². The lowest BCUT2D eigenvalue weighted by Gasteiger charge is -2.42. The van der Waals surface area contributed by atoms with Crippen molar-refractivity contribution >= 4 is 17.5 Å². The molecule has 2 aliphatic heterocycles. The maximum absolute atomic E-state index is 12.9. The fraction of sp³-hybridized carbons (Fsp3) is 0.500. The lowest BCUT2D eigenvalue weighted by Crippen LogP contribution is -2.55. The smallest absolute Gasteiger partial charge is 0.253 e. The Hall–Kier alpha value is -2.67. The van der Waals surface area contributed by atoms with Crippen LogP contribution >= 0.6 is 0 Å². The molecule has 1 atom stereocenters. The number of carbonyl (C=O) groups is 2. The Morgan fingerprint density at radius 2 is 1.97 bits per heavy atom. The van der Waals surface area contributed by atoms with Crippen LogP contribution in [0.25, 0.3) is 0 Å². The fourth-order valence-corrected chi connectivity index (χ4v) is 4.29. The fourth-order valence-electron chi connectivity index (χ4n) is 4.29. The summed E-state index contributed by atoms with van der Waals surface area (Å²) in [7, 11) is 0. The van der Waals surface area contributed by atoms with Gasteiger partial charge in [0.1, 0.15) is 12.4 Å². The Morgan fingerprint density at radius 3 is 2.69 bits per heavy atom. The van der Waals surface area contributed by atoms with Gasteiger partial charge in [-0.1, -0.05) is 23.4 Å². The molecule has 2 aromatic rings. The van der Waals surface area contributed by atoms with Crippen LogP contribution in [0.1, 0.15) is 36.3 Å². The number of likely N-dealkylation sites (tertiary alicyclic amines) is 1. The van der Waals surface area contributed by atoms with E-state index in [1.807, 2.05) is 54.0 Å². The summed E-state index contributed by atoms with van der Waals surface area (Å²) in [4.78, 5) is 29.1. The van der Waals surface area contributed by atoms with Crippen LogP contribution in [0, 0.1) is 13.8 Å². The number of benzene rings is 1. The monoisotopic (exact) mass is 397 g/mol. The van der Waals surface area contributed by atoms with Crippen LogP contribution in [-0.4, -0.2) is 53.7 Å². The number of para-hydroxylation sites is 1. The average molecular weight is 397 g/mol. The van der Waals surface area contributed by atoms with Crippen LogP contribution < -0.4 is 4.90 Å². The topological polar surface area (TPSA) is 75.9 Å². The molecule has 4 rings (SSSR count). The number of hydrogen-bond donors (Lipinski definition) is 0. The SMILES string of the molecule is Cc1noc(C)c1CC(=O)N1CCCC2(CC1)CN(c1ccccc1)C(=O)CO2. The van der Waals surface area contributed by atoms with E-state index < -0.39 is 5.60 Å². The number of ether oxygens (including phenoxy) is 1. The minimum Gasteiger partial charge on any atom is -0.363 e. The Labute approximate surface area is 170 Å². The summed E-state index contributed by atoms with van der Waals surface area (Å²) in [6.07, 6.45) is 2.71. The van der Waals surface area contributed by atoms with E-state index in [4.69, 9.17) is 9.26 Å². The van der Waals surface area contributed by atoms with E-state index in [0.29, 0.717) is 31.8 Å². The second-order valence-corrected chi connectivity index (χ2v) is 8.00. The van der Waals surface area contributed by atoms with Crippen LogP contribution in [-0.2, 0) is 20.7 Å². The number of hydrogen-bond acceptors (Lipinski definition) is 5. The quantitative estimate of drug-likeness (QED) is 0.796. The number of anilines is 1. The summed E-state index contributed by atoms with van der Waals surface area (Å²) in [6, 6.07) is 9.72. The highest BCUT2D eigenvalue weighted by Gasteiger charge is 2.42. The Balaban J connectivity index is 1.44. The molecule has 2 saturated heterocycles. The summed E-state index contributed by atoms with van der Waals surface area (Å²) in [6.45, 7) is 5.64. The van der Waals surface area contributed by atoms with Crippen LogP contribution in [0.15, 0.2) is 34.9 Å². The first-order valence-electron chi connectivity index (χ1n) is 10.2. The zero-order valence-corrected chi connectivity index (χ0v) is 17.0. The molecule has 2 amide bonds. The van der Waals surface area contributed by atoms with Crippen molar-refractivity contribution in [3.63, 3.8) is 0 Å².